The molecule has 0 fully saturated rings. The van der Waals surface area contributed by atoms with Gasteiger partial charge >= 0.3 is 6.03 Å². The summed E-state index contributed by atoms with van der Waals surface area (Å²) in [5.41, 5.74) is 2.10. The first-order chi connectivity index (χ1) is 11.6. The molecule has 0 radical (unpaired) electrons. The van der Waals surface area contributed by atoms with Crippen LogP contribution < -0.4 is 16.0 Å². The summed E-state index contributed by atoms with van der Waals surface area (Å²) in [5.74, 6) is -0.0222. The van der Waals surface area contributed by atoms with Crippen molar-refractivity contribution in [2.45, 2.75) is 18.9 Å². The Balaban J connectivity index is 2.08. The van der Waals surface area contributed by atoms with Crippen LogP contribution in [0, 0.1) is 0 Å². The van der Waals surface area contributed by atoms with Crippen LogP contribution in [0.3, 0.4) is 0 Å². The van der Waals surface area contributed by atoms with Gasteiger partial charge in [-0.15, -0.1) is 0 Å². The zero-order valence-corrected chi connectivity index (χ0v) is 14.0. The number of nitrogens with two attached hydrogens (primary N) is 1. The molecule has 0 saturated heterocycles. The Morgan fingerprint density at radius 3 is 2.04 bits per heavy atom. The van der Waals surface area contributed by atoms with E-state index in [2.05, 4.69) is 29.7 Å². The largest absolute Gasteiger partial charge is 0.341 e. The quantitative estimate of drug-likeness (QED) is 0.753. The van der Waals surface area contributed by atoms with Gasteiger partial charge in [0.15, 0.2) is 6.04 Å². The number of carbonyl (C=O) groups excluding carboxylic acids is 2. The van der Waals surface area contributed by atoms with E-state index in [1.807, 2.05) is 53.8 Å². The van der Waals surface area contributed by atoms with Crippen molar-refractivity contribution in [3.63, 3.8) is 0 Å². The van der Waals surface area contributed by atoms with Gasteiger partial charge in [-0.1, -0.05) is 67.6 Å². The first-order valence-corrected chi connectivity index (χ1v) is 8.07. The lowest BCUT2D eigenvalue weighted by Crippen LogP contribution is -2.88. The molecule has 126 valence electrons. The number of carbonyl (C=O) groups is 2. The minimum Gasteiger partial charge on any atom is -0.341 e. The van der Waals surface area contributed by atoms with Crippen LogP contribution in [-0.4, -0.2) is 25.5 Å². The summed E-state index contributed by atoms with van der Waals surface area (Å²) >= 11 is 0. The number of urea groups is 1. The second-order valence-corrected chi connectivity index (χ2v) is 5.74. The number of nitrogens with one attached hydrogen (secondary N) is 2. The molecule has 0 aliphatic carbocycles. The zero-order chi connectivity index (χ0) is 17.4. The lowest BCUT2D eigenvalue weighted by atomic mass is 10.00. The van der Waals surface area contributed by atoms with Crippen LogP contribution in [0.4, 0.5) is 4.79 Å². The summed E-state index contributed by atoms with van der Waals surface area (Å²) in [7, 11) is 1.49. The lowest BCUT2D eigenvalue weighted by Gasteiger charge is -2.18. The van der Waals surface area contributed by atoms with Gasteiger partial charge in [-0.3, -0.25) is 10.1 Å². The molecule has 0 spiro atoms. The summed E-state index contributed by atoms with van der Waals surface area (Å²) in [6.45, 7) is 2.87. The Labute approximate surface area is 142 Å². The van der Waals surface area contributed by atoms with E-state index in [-0.39, 0.29) is 5.91 Å². The van der Waals surface area contributed by atoms with E-state index in [0.717, 1.165) is 12.1 Å². The van der Waals surface area contributed by atoms with Crippen molar-refractivity contribution in [1.29, 1.82) is 0 Å². The fraction of sp³-hybridized carbons (Fsp3) is 0.263. The van der Waals surface area contributed by atoms with Gasteiger partial charge in [0.1, 0.15) is 0 Å². The minimum absolute atomic E-state index is 0.296. The Kier molecular flexibility index (Phi) is 6.51. The van der Waals surface area contributed by atoms with E-state index in [0.29, 0.717) is 5.92 Å². The average molecular weight is 326 g/mol. The summed E-state index contributed by atoms with van der Waals surface area (Å²) < 4.78 is 0. The first-order valence-electron chi connectivity index (χ1n) is 8.07. The standard InChI is InChI=1S/C19H23N3O2/c1-14(15-9-5-3-6-10-15)13-21-17(16-11-7-4-8-12-16)18(23)22-19(24)20-2/h3-12,14,17,21H,13H2,1-2H3,(H2,20,22,23,24)/p+1/t14-,17-/m0/s1. The Bertz CT molecular complexity index is 659. The maximum absolute atomic E-state index is 12.5. The first kappa shape index (κ1) is 17.7. The molecule has 2 aromatic carbocycles. The van der Waals surface area contributed by atoms with Crippen LogP contribution in [0.5, 0.6) is 0 Å². The molecule has 0 aliphatic heterocycles. The van der Waals surface area contributed by atoms with Gasteiger partial charge in [0.2, 0.25) is 0 Å². The van der Waals surface area contributed by atoms with Crippen molar-refractivity contribution in [3.8, 4) is 0 Å². The maximum Gasteiger partial charge on any atom is 0.321 e. The molecule has 24 heavy (non-hydrogen) atoms. The lowest BCUT2D eigenvalue weighted by molar-refractivity contribution is -0.684. The highest BCUT2D eigenvalue weighted by Gasteiger charge is 2.26. The highest BCUT2D eigenvalue weighted by atomic mass is 16.2. The van der Waals surface area contributed by atoms with Crippen LogP contribution in [-0.2, 0) is 4.79 Å². The molecule has 0 aromatic heterocycles. The average Bonchev–Trinajstić information content (AvgIpc) is 2.63. The smallest absolute Gasteiger partial charge is 0.321 e. The fourth-order valence-corrected chi connectivity index (χ4v) is 2.56. The number of hydrogen-bond donors (Lipinski definition) is 3. The predicted octanol–water partition coefficient (Wildman–Crippen LogP) is 1.55. The van der Waals surface area contributed by atoms with Crippen LogP contribution in [0.25, 0.3) is 0 Å². The normalized spacial score (nSPS) is 12.9. The molecule has 4 N–H and O–H groups in total. The Hall–Kier alpha value is -2.66. The highest BCUT2D eigenvalue weighted by Crippen LogP contribution is 2.13. The molecule has 0 heterocycles. The van der Waals surface area contributed by atoms with Crippen LogP contribution >= 0.6 is 0 Å². The van der Waals surface area contributed by atoms with E-state index in [9.17, 15) is 9.59 Å². The van der Waals surface area contributed by atoms with Gasteiger partial charge < -0.3 is 10.6 Å². The van der Waals surface area contributed by atoms with E-state index < -0.39 is 12.1 Å². The van der Waals surface area contributed by atoms with Crippen molar-refractivity contribution in [1.82, 2.24) is 10.6 Å². The van der Waals surface area contributed by atoms with E-state index in [1.54, 1.807) is 0 Å². The summed E-state index contributed by atoms with van der Waals surface area (Å²) in [6, 6.07) is 18.7. The van der Waals surface area contributed by atoms with E-state index >= 15 is 0 Å². The molecule has 0 bridgehead atoms. The maximum atomic E-state index is 12.5. The number of benzene rings is 2. The van der Waals surface area contributed by atoms with Gasteiger partial charge in [0.25, 0.3) is 5.91 Å². The molecular formula is C19H24N3O2+. The van der Waals surface area contributed by atoms with Crippen LogP contribution in [0.2, 0.25) is 0 Å². The molecule has 0 saturated carbocycles. The second kappa shape index (κ2) is 8.84. The number of hydrogen-bond acceptors (Lipinski definition) is 2. The van der Waals surface area contributed by atoms with Gasteiger partial charge in [-0.2, -0.15) is 0 Å². The second-order valence-electron chi connectivity index (χ2n) is 5.74. The molecule has 2 atom stereocenters. The zero-order valence-electron chi connectivity index (χ0n) is 14.0. The third-order valence-electron chi connectivity index (χ3n) is 4.00. The molecule has 0 aliphatic rings. The summed E-state index contributed by atoms with van der Waals surface area (Å²) in [5, 5.41) is 6.76. The molecule has 2 rings (SSSR count). The molecule has 3 amide bonds. The predicted molar refractivity (Wildman–Crippen MR) is 93.4 cm³/mol. The van der Waals surface area contributed by atoms with Gasteiger partial charge in [0.05, 0.1) is 6.54 Å². The summed E-state index contributed by atoms with van der Waals surface area (Å²) in [6.07, 6.45) is 0. The number of rotatable bonds is 6. The Morgan fingerprint density at radius 2 is 1.50 bits per heavy atom. The summed E-state index contributed by atoms with van der Waals surface area (Å²) in [4.78, 5) is 23.9. The van der Waals surface area contributed by atoms with Crippen molar-refractivity contribution >= 4 is 11.9 Å². The third kappa shape index (κ3) is 4.93. The number of quaternary nitrogens is 1. The van der Waals surface area contributed by atoms with Crippen molar-refractivity contribution in [3.05, 3.63) is 71.8 Å². The van der Waals surface area contributed by atoms with Crippen LogP contribution in [0.1, 0.15) is 30.0 Å². The number of imide groups is 1. The molecule has 2 aromatic rings. The molecule has 0 unspecified atom stereocenters. The van der Waals surface area contributed by atoms with E-state index in [1.165, 1.54) is 12.6 Å². The van der Waals surface area contributed by atoms with Crippen molar-refractivity contribution in [2.24, 2.45) is 0 Å². The van der Waals surface area contributed by atoms with Crippen molar-refractivity contribution < 1.29 is 14.9 Å². The van der Waals surface area contributed by atoms with Gasteiger partial charge in [0, 0.05) is 18.5 Å². The molecule has 5 heteroatoms. The fourth-order valence-electron chi connectivity index (χ4n) is 2.56. The van der Waals surface area contributed by atoms with Gasteiger partial charge in [-0.25, -0.2) is 4.79 Å². The van der Waals surface area contributed by atoms with Gasteiger partial charge in [-0.05, 0) is 5.56 Å². The third-order valence-corrected chi connectivity index (χ3v) is 4.00. The monoisotopic (exact) mass is 326 g/mol. The van der Waals surface area contributed by atoms with Crippen molar-refractivity contribution in [2.75, 3.05) is 13.6 Å². The topological polar surface area (TPSA) is 74.8 Å². The van der Waals surface area contributed by atoms with E-state index in [4.69, 9.17) is 0 Å². The minimum atomic E-state index is -0.495. The number of amides is 3. The molecule has 5 nitrogen and oxygen atoms in total. The Morgan fingerprint density at radius 1 is 0.958 bits per heavy atom. The highest BCUT2D eigenvalue weighted by molar-refractivity contribution is 5.96. The SMILES string of the molecule is CNC(=O)NC(=O)[C@@H]([NH2+]C[C@H](C)c1ccccc1)c1ccccc1. The molecular weight excluding hydrogens is 302 g/mol. The van der Waals surface area contributed by atoms with Crippen LogP contribution in [0.15, 0.2) is 60.7 Å².